The molecule has 2 heterocycles. The summed E-state index contributed by atoms with van der Waals surface area (Å²) in [5.41, 5.74) is 2.44. The Hall–Kier alpha value is -1.62. The van der Waals surface area contributed by atoms with E-state index in [1.807, 2.05) is 0 Å². The monoisotopic (exact) mass is 372 g/mol. The molecular weight excluding hydrogens is 336 g/mol. The second kappa shape index (κ2) is 10.1. The first kappa shape index (κ1) is 20.1. The summed E-state index contributed by atoms with van der Waals surface area (Å²) in [7, 11) is 0. The van der Waals surface area contributed by atoms with E-state index in [9.17, 15) is 0 Å². The van der Waals surface area contributed by atoms with Crippen LogP contribution in [0.15, 0.2) is 12.2 Å². The number of hydrogen-bond acceptors (Lipinski definition) is 5. The molecule has 1 N–H and O–H groups in total. The maximum Gasteiger partial charge on any atom is 0.318 e. The molecule has 1 fully saturated rings. The van der Waals surface area contributed by atoms with E-state index >= 15 is 0 Å². The van der Waals surface area contributed by atoms with E-state index in [4.69, 9.17) is 14.7 Å². The third-order valence-corrected chi connectivity index (χ3v) is 5.77. The Morgan fingerprint density at radius 1 is 1.19 bits per heavy atom. The highest BCUT2D eigenvalue weighted by Crippen LogP contribution is 2.33. The number of aromatic nitrogens is 2. The fourth-order valence-electron chi connectivity index (χ4n) is 4.46. The van der Waals surface area contributed by atoms with Crippen molar-refractivity contribution in [1.82, 2.24) is 15.3 Å². The molecule has 0 aromatic carbocycles. The number of allylic oxidation sites excluding steroid dienone is 2. The first-order chi connectivity index (χ1) is 13.3. The molecule has 1 aliphatic heterocycles. The van der Waals surface area contributed by atoms with Crippen molar-refractivity contribution in [1.29, 1.82) is 0 Å². The number of hydrogen-bond donors (Lipinski definition) is 1. The lowest BCUT2D eigenvalue weighted by Gasteiger charge is -2.28. The summed E-state index contributed by atoms with van der Waals surface area (Å²) in [5, 5.41) is 3.45. The van der Waals surface area contributed by atoms with Crippen LogP contribution >= 0.6 is 0 Å². The van der Waals surface area contributed by atoms with Crippen molar-refractivity contribution in [2.24, 2.45) is 11.8 Å². The van der Waals surface area contributed by atoms with E-state index in [2.05, 4.69) is 43.1 Å². The lowest BCUT2D eigenvalue weighted by atomic mass is 9.97. The summed E-state index contributed by atoms with van der Waals surface area (Å²) in [6.45, 7) is 11.2. The van der Waals surface area contributed by atoms with Gasteiger partial charge in [-0.2, -0.15) is 9.97 Å². The van der Waals surface area contributed by atoms with Crippen molar-refractivity contribution in [3.05, 3.63) is 23.4 Å². The van der Waals surface area contributed by atoms with E-state index in [-0.39, 0.29) is 0 Å². The van der Waals surface area contributed by atoms with Crippen molar-refractivity contribution in [2.75, 3.05) is 31.1 Å². The smallest absolute Gasteiger partial charge is 0.318 e. The zero-order chi connectivity index (χ0) is 19.1. The minimum Gasteiger partial charge on any atom is -0.463 e. The molecule has 3 rings (SSSR count). The summed E-state index contributed by atoms with van der Waals surface area (Å²) >= 11 is 0. The van der Waals surface area contributed by atoms with Gasteiger partial charge in [-0.05, 0) is 57.4 Å². The number of nitrogens with one attached hydrogen (secondary N) is 1. The predicted octanol–water partition coefficient (Wildman–Crippen LogP) is 4.12. The largest absolute Gasteiger partial charge is 0.463 e. The molecule has 5 nitrogen and oxygen atoms in total. The standard InChI is InChI=1S/C22H36N4O/c1-4-8-17-9-7-10-18(17)16-27-22-24-20-15-23-12-11-19(20)21(25-22)26(13-5-2)14-6-3/h4,8,17-18,23H,5-7,9-16H2,1-3H3/b8-4+/t17?,18-/m0/s1. The van der Waals surface area contributed by atoms with Gasteiger partial charge in [0, 0.05) is 25.2 Å². The molecule has 2 aliphatic rings. The third kappa shape index (κ3) is 5.01. The summed E-state index contributed by atoms with van der Waals surface area (Å²) in [6, 6.07) is 0.566. The van der Waals surface area contributed by atoms with Crippen molar-refractivity contribution >= 4 is 5.82 Å². The van der Waals surface area contributed by atoms with Gasteiger partial charge in [0.05, 0.1) is 12.3 Å². The molecule has 5 heteroatoms. The van der Waals surface area contributed by atoms with Gasteiger partial charge >= 0.3 is 6.01 Å². The molecule has 2 atom stereocenters. The molecule has 1 aromatic rings. The molecule has 0 radical (unpaired) electrons. The second-order valence-electron chi connectivity index (χ2n) is 7.86. The highest BCUT2D eigenvalue weighted by Gasteiger charge is 2.27. The van der Waals surface area contributed by atoms with Crippen LogP contribution in [0.5, 0.6) is 6.01 Å². The number of anilines is 1. The van der Waals surface area contributed by atoms with E-state index in [0.29, 0.717) is 17.8 Å². The Bertz CT molecular complexity index is 625. The van der Waals surface area contributed by atoms with Crippen LogP contribution in [-0.2, 0) is 13.0 Å². The maximum absolute atomic E-state index is 6.17. The Morgan fingerprint density at radius 2 is 2.00 bits per heavy atom. The Labute approximate surface area is 164 Å². The molecule has 0 saturated heterocycles. The van der Waals surface area contributed by atoms with Gasteiger partial charge in [0.1, 0.15) is 5.82 Å². The summed E-state index contributed by atoms with van der Waals surface area (Å²) in [4.78, 5) is 12.1. The predicted molar refractivity (Wildman–Crippen MR) is 111 cm³/mol. The normalized spacial score (nSPS) is 22.2. The average molecular weight is 373 g/mol. The van der Waals surface area contributed by atoms with Crippen LogP contribution in [0.1, 0.15) is 64.1 Å². The fraction of sp³-hybridized carbons (Fsp3) is 0.727. The van der Waals surface area contributed by atoms with Crippen LogP contribution in [-0.4, -0.2) is 36.2 Å². The van der Waals surface area contributed by atoms with Crippen molar-refractivity contribution in [2.45, 2.75) is 65.8 Å². The van der Waals surface area contributed by atoms with Crippen LogP contribution in [0.25, 0.3) is 0 Å². The van der Waals surface area contributed by atoms with Gasteiger partial charge in [-0.1, -0.05) is 32.4 Å². The van der Waals surface area contributed by atoms with Gasteiger partial charge < -0.3 is 15.0 Å². The topological polar surface area (TPSA) is 50.3 Å². The minimum atomic E-state index is 0.566. The fourth-order valence-corrected chi connectivity index (χ4v) is 4.46. The molecule has 1 aliphatic carbocycles. The van der Waals surface area contributed by atoms with Gasteiger partial charge in [0.25, 0.3) is 0 Å². The van der Waals surface area contributed by atoms with E-state index < -0.39 is 0 Å². The first-order valence-corrected chi connectivity index (χ1v) is 10.9. The zero-order valence-corrected chi connectivity index (χ0v) is 17.3. The lowest BCUT2D eigenvalue weighted by Crippen LogP contribution is -2.32. The molecule has 150 valence electrons. The molecule has 0 amide bonds. The average Bonchev–Trinajstić information content (AvgIpc) is 3.13. The summed E-state index contributed by atoms with van der Waals surface area (Å²) < 4.78 is 6.17. The van der Waals surface area contributed by atoms with Crippen LogP contribution in [0.2, 0.25) is 0 Å². The van der Waals surface area contributed by atoms with Crippen LogP contribution in [0, 0.1) is 11.8 Å². The molecule has 0 bridgehead atoms. The third-order valence-electron chi connectivity index (χ3n) is 5.77. The van der Waals surface area contributed by atoms with Crippen molar-refractivity contribution in [3.8, 4) is 6.01 Å². The van der Waals surface area contributed by atoms with E-state index in [1.54, 1.807) is 0 Å². The number of ether oxygens (including phenoxy) is 1. The van der Waals surface area contributed by atoms with E-state index in [1.165, 1.54) is 24.8 Å². The Morgan fingerprint density at radius 3 is 2.74 bits per heavy atom. The molecule has 0 spiro atoms. The molecule has 1 saturated carbocycles. The molecule has 1 aromatic heterocycles. The number of fused-ring (bicyclic) bond motifs is 1. The van der Waals surface area contributed by atoms with Crippen LogP contribution in [0.4, 0.5) is 5.82 Å². The maximum atomic E-state index is 6.17. The first-order valence-electron chi connectivity index (χ1n) is 10.9. The van der Waals surface area contributed by atoms with E-state index in [0.717, 1.165) is 63.6 Å². The number of nitrogens with zero attached hydrogens (tertiary/aromatic N) is 3. The van der Waals surface area contributed by atoms with Gasteiger partial charge in [-0.15, -0.1) is 0 Å². The Balaban J connectivity index is 1.79. The molecule has 27 heavy (non-hydrogen) atoms. The van der Waals surface area contributed by atoms with Gasteiger partial charge in [-0.3, -0.25) is 0 Å². The molecule has 1 unspecified atom stereocenters. The van der Waals surface area contributed by atoms with Gasteiger partial charge in [0.2, 0.25) is 0 Å². The highest BCUT2D eigenvalue weighted by molar-refractivity contribution is 5.51. The second-order valence-corrected chi connectivity index (χ2v) is 7.86. The van der Waals surface area contributed by atoms with Crippen LogP contribution < -0.4 is 15.0 Å². The quantitative estimate of drug-likeness (QED) is 0.661. The van der Waals surface area contributed by atoms with Crippen LogP contribution in [0.3, 0.4) is 0 Å². The Kier molecular flexibility index (Phi) is 7.50. The SMILES string of the molecule is C/C=C/C1CCC[C@H]1COc1nc2c(c(N(CCC)CCC)n1)CCNC2. The summed E-state index contributed by atoms with van der Waals surface area (Å²) in [5.74, 6) is 2.34. The van der Waals surface area contributed by atoms with Gasteiger partial charge in [-0.25, -0.2) is 0 Å². The molecular formula is C22H36N4O. The minimum absolute atomic E-state index is 0.566. The van der Waals surface area contributed by atoms with Gasteiger partial charge in [0.15, 0.2) is 0 Å². The number of rotatable bonds is 9. The van der Waals surface area contributed by atoms with Crippen molar-refractivity contribution in [3.63, 3.8) is 0 Å². The lowest BCUT2D eigenvalue weighted by molar-refractivity contribution is 0.215. The summed E-state index contributed by atoms with van der Waals surface area (Å²) in [6.07, 6.45) is 11.6. The van der Waals surface area contributed by atoms with Crippen molar-refractivity contribution < 1.29 is 4.74 Å². The highest BCUT2D eigenvalue weighted by atomic mass is 16.5. The zero-order valence-electron chi connectivity index (χ0n) is 17.3.